The van der Waals surface area contributed by atoms with Crippen molar-refractivity contribution < 1.29 is 29.1 Å². The van der Waals surface area contributed by atoms with Crippen molar-refractivity contribution in [2.24, 2.45) is 17.2 Å². The fraction of sp³-hybridized carbons (Fsp3) is 0.722. The number of rotatable bonds is 13. The molecule has 0 radical (unpaired) electrons. The number of carbonyl (C=O) groups is 5. The van der Waals surface area contributed by atoms with Crippen LogP contribution in [0, 0.1) is 0 Å². The van der Waals surface area contributed by atoms with E-state index in [1.807, 2.05) is 0 Å². The molecule has 1 aliphatic rings. The number of amides is 4. The summed E-state index contributed by atoms with van der Waals surface area (Å²) in [4.78, 5) is 61.8. The Kier molecular flexibility index (Phi) is 11.3. The molecule has 4 atom stereocenters. The molecular formula is C18H32N6O6S. The Hall–Kier alpha value is -2.38. The first-order valence-electron chi connectivity index (χ1n) is 10.1. The molecule has 12 nitrogen and oxygen atoms in total. The summed E-state index contributed by atoms with van der Waals surface area (Å²) >= 11 is 3.86. The molecule has 1 heterocycles. The quantitative estimate of drug-likeness (QED) is 0.113. The summed E-state index contributed by atoms with van der Waals surface area (Å²) < 4.78 is 0. The van der Waals surface area contributed by atoms with Crippen LogP contribution in [0.4, 0.5) is 0 Å². The van der Waals surface area contributed by atoms with Crippen LogP contribution in [0.15, 0.2) is 0 Å². The number of nitrogens with one attached hydrogen (secondary N) is 2. The van der Waals surface area contributed by atoms with Gasteiger partial charge in [0.25, 0.3) is 0 Å². The van der Waals surface area contributed by atoms with Crippen LogP contribution in [0.5, 0.6) is 0 Å². The van der Waals surface area contributed by atoms with Gasteiger partial charge in [0.15, 0.2) is 0 Å². The number of thiol groups is 1. The molecule has 31 heavy (non-hydrogen) atoms. The number of primary amides is 1. The van der Waals surface area contributed by atoms with Crippen molar-refractivity contribution in [1.82, 2.24) is 15.5 Å². The Bertz CT molecular complexity index is 678. The summed E-state index contributed by atoms with van der Waals surface area (Å²) in [5.74, 6) is -4.26. The molecule has 0 spiro atoms. The van der Waals surface area contributed by atoms with E-state index in [0.717, 1.165) is 6.42 Å². The van der Waals surface area contributed by atoms with Crippen LogP contribution >= 0.6 is 12.6 Å². The van der Waals surface area contributed by atoms with Crippen LogP contribution in [0.2, 0.25) is 0 Å². The van der Waals surface area contributed by atoms with Crippen LogP contribution in [-0.2, 0) is 24.0 Å². The first-order chi connectivity index (χ1) is 14.6. The number of carbonyl (C=O) groups excluding carboxylic acids is 4. The number of likely N-dealkylation sites (tertiary alicyclic amines) is 1. The van der Waals surface area contributed by atoms with Gasteiger partial charge in [0.2, 0.25) is 23.6 Å². The Morgan fingerprint density at radius 1 is 1.13 bits per heavy atom. The molecule has 4 amide bonds. The lowest BCUT2D eigenvalue weighted by molar-refractivity contribution is -0.142. The minimum absolute atomic E-state index is 0.189. The zero-order chi connectivity index (χ0) is 23.6. The minimum Gasteiger partial charge on any atom is -0.480 e. The summed E-state index contributed by atoms with van der Waals surface area (Å²) in [5.41, 5.74) is 16.6. The molecule has 0 aliphatic carbocycles. The summed E-state index contributed by atoms with van der Waals surface area (Å²) in [6, 6.07) is -4.31. The summed E-state index contributed by atoms with van der Waals surface area (Å²) in [6.45, 7) is 0.837. The summed E-state index contributed by atoms with van der Waals surface area (Å²) in [6.07, 6.45) is 2.27. The predicted molar refractivity (Wildman–Crippen MR) is 115 cm³/mol. The van der Waals surface area contributed by atoms with Gasteiger partial charge < -0.3 is 37.8 Å². The minimum atomic E-state index is -1.39. The molecule has 1 aliphatic heterocycles. The van der Waals surface area contributed by atoms with Gasteiger partial charge in [0, 0.05) is 12.3 Å². The summed E-state index contributed by atoms with van der Waals surface area (Å²) in [5, 5.41) is 13.7. The average Bonchev–Trinajstić information content (AvgIpc) is 3.20. The van der Waals surface area contributed by atoms with Crippen LogP contribution in [0.3, 0.4) is 0 Å². The van der Waals surface area contributed by atoms with Gasteiger partial charge in [-0.05, 0) is 32.2 Å². The molecule has 0 bridgehead atoms. The standard InChI is InChI=1S/C18H32N6O6S/c19-6-2-1-4-10(20)17(28)24-7-3-5-13(24)16(27)22-11(8-14(21)25)15(26)23-12(9-31)18(29)30/h10-13,31H,1-9,19-20H2,(H2,21,25)(H,22,27)(H,23,26)(H,29,30). The second-order valence-corrected chi connectivity index (χ2v) is 7.76. The number of aliphatic carboxylic acids is 1. The number of nitrogens with zero attached hydrogens (tertiary/aromatic N) is 1. The van der Waals surface area contributed by atoms with E-state index in [2.05, 4.69) is 23.3 Å². The number of carboxylic acid groups (broad SMARTS) is 1. The number of hydrogen-bond donors (Lipinski definition) is 7. The van der Waals surface area contributed by atoms with Gasteiger partial charge in [-0.1, -0.05) is 6.42 Å². The summed E-state index contributed by atoms with van der Waals surface area (Å²) in [7, 11) is 0. The predicted octanol–water partition coefficient (Wildman–Crippen LogP) is -2.71. The maximum Gasteiger partial charge on any atom is 0.327 e. The topological polar surface area (TPSA) is 211 Å². The highest BCUT2D eigenvalue weighted by molar-refractivity contribution is 7.80. The van der Waals surface area contributed by atoms with Crippen molar-refractivity contribution in [2.45, 2.75) is 62.7 Å². The molecular weight excluding hydrogens is 428 g/mol. The Balaban J connectivity index is 2.84. The van der Waals surface area contributed by atoms with Crippen molar-refractivity contribution in [3.8, 4) is 0 Å². The Morgan fingerprint density at radius 3 is 2.35 bits per heavy atom. The third-order valence-electron chi connectivity index (χ3n) is 4.96. The van der Waals surface area contributed by atoms with Gasteiger partial charge in [-0.2, -0.15) is 12.6 Å². The highest BCUT2D eigenvalue weighted by Crippen LogP contribution is 2.19. The highest BCUT2D eigenvalue weighted by Gasteiger charge is 2.38. The molecule has 176 valence electrons. The lowest BCUT2D eigenvalue weighted by Gasteiger charge is -2.28. The van der Waals surface area contributed by atoms with Crippen LogP contribution in [-0.4, -0.2) is 82.6 Å². The fourth-order valence-corrected chi connectivity index (χ4v) is 3.53. The van der Waals surface area contributed by atoms with Gasteiger partial charge in [-0.25, -0.2) is 4.79 Å². The molecule has 4 unspecified atom stereocenters. The van der Waals surface area contributed by atoms with Crippen molar-refractivity contribution in [2.75, 3.05) is 18.8 Å². The SMILES string of the molecule is NCCCCC(N)C(=O)N1CCCC1C(=O)NC(CC(N)=O)C(=O)NC(CS)C(=O)O. The molecule has 0 aromatic heterocycles. The van der Waals surface area contributed by atoms with E-state index >= 15 is 0 Å². The highest BCUT2D eigenvalue weighted by atomic mass is 32.1. The van der Waals surface area contributed by atoms with Crippen molar-refractivity contribution in [1.29, 1.82) is 0 Å². The number of unbranched alkanes of at least 4 members (excludes halogenated alkanes) is 1. The van der Waals surface area contributed by atoms with E-state index < -0.39 is 54.3 Å². The van der Waals surface area contributed by atoms with Crippen molar-refractivity contribution in [3.05, 3.63) is 0 Å². The molecule has 1 saturated heterocycles. The zero-order valence-corrected chi connectivity index (χ0v) is 18.2. The molecule has 0 aromatic carbocycles. The van der Waals surface area contributed by atoms with Gasteiger partial charge in [-0.3, -0.25) is 19.2 Å². The lowest BCUT2D eigenvalue weighted by atomic mass is 10.1. The second-order valence-electron chi connectivity index (χ2n) is 7.39. The third kappa shape index (κ3) is 8.34. The zero-order valence-electron chi connectivity index (χ0n) is 17.3. The Morgan fingerprint density at radius 2 is 1.81 bits per heavy atom. The first-order valence-corrected chi connectivity index (χ1v) is 10.7. The largest absolute Gasteiger partial charge is 0.480 e. The lowest BCUT2D eigenvalue weighted by Crippen LogP contribution is -2.57. The maximum atomic E-state index is 12.8. The normalized spacial score (nSPS) is 18.7. The number of nitrogens with two attached hydrogens (primary N) is 3. The fourth-order valence-electron chi connectivity index (χ4n) is 3.28. The van der Waals surface area contributed by atoms with Gasteiger partial charge in [-0.15, -0.1) is 0 Å². The molecule has 0 saturated carbocycles. The van der Waals surface area contributed by atoms with Crippen LogP contribution in [0.25, 0.3) is 0 Å². The molecule has 1 rings (SSSR count). The van der Waals surface area contributed by atoms with Crippen LogP contribution < -0.4 is 27.8 Å². The van der Waals surface area contributed by atoms with Crippen LogP contribution in [0.1, 0.15) is 38.5 Å². The number of carboxylic acids is 1. The van der Waals surface area contributed by atoms with E-state index in [0.29, 0.717) is 38.8 Å². The molecule has 9 N–H and O–H groups in total. The molecule has 13 heteroatoms. The molecule has 0 aromatic rings. The van der Waals surface area contributed by atoms with Gasteiger partial charge in [0.1, 0.15) is 18.1 Å². The maximum absolute atomic E-state index is 12.8. The third-order valence-corrected chi connectivity index (χ3v) is 5.33. The second kappa shape index (κ2) is 13.1. The monoisotopic (exact) mass is 460 g/mol. The van der Waals surface area contributed by atoms with E-state index in [1.165, 1.54) is 4.90 Å². The van der Waals surface area contributed by atoms with Gasteiger partial charge in [0.05, 0.1) is 12.5 Å². The van der Waals surface area contributed by atoms with E-state index in [-0.39, 0.29) is 11.7 Å². The van der Waals surface area contributed by atoms with Crippen molar-refractivity contribution >= 4 is 42.2 Å². The van der Waals surface area contributed by atoms with E-state index in [4.69, 9.17) is 22.3 Å². The first kappa shape index (κ1) is 26.7. The van der Waals surface area contributed by atoms with Gasteiger partial charge >= 0.3 is 5.97 Å². The van der Waals surface area contributed by atoms with E-state index in [9.17, 15) is 24.0 Å². The van der Waals surface area contributed by atoms with Crippen molar-refractivity contribution in [3.63, 3.8) is 0 Å². The average molecular weight is 461 g/mol. The smallest absolute Gasteiger partial charge is 0.327 e. The number of hydrogen-bond acceptors (Lipinski definition) is 8. The molecule has 1 fully saturated rings. The Labute approximate surface area is 186 Å². The van der Waals surface area contributed by atoms with E-state index in [1.54, 1.807) is 0 Å².